The van der Waals surface area contributed by atoms with Crippen molar-refractivity contribution in [3.8, 4) is 0 Å². The Morgan fingerprint density at radius 1 is 1.05 bits per heavy atom. The third kappa shape index (κ3) is 3.59. The normalized spacial score (nSPS) is 10.1. The van der Waals surface area contributed by atoms with Crippen molar-refractivity contribution >= 4 is 40.6 Å². The van der Waals surface area contributed by atoms with Crippen LogP contribution in [0.15, 0.2) is 53.4 Å². The molecule has 2 aromatic carbocycles. The molecule has 0 radical (unpaired) electrons. The van der Waals surface area contributed by atoms with E-state index in [9.17, 15) is 4.79 Å². The van der Waals surface area contributed by atoms with Crippen LogP contribution in [0.25, 0.3) is 0 Å². The van der Waals surface area contributed by atoms with Gasteiger partial charge in [-0.1, -0.05) is 12.2 Å². The smallest absolute Gasteiger partial charge is 0.255 e. The summed E-state index contributed by atoms with van der Waals surface area (Å²) < 4.78 is 0. The highest BCUT2D eigenvalue weighted by Gasteiger charge is 2.06. The predicted octanol–water partition coefficient (Wildman–Crippen LogP) is 3.30. The maximum absolute atomic E-state index is 12.1. The summed E-state index contributed by atoms with van der Waals surface area (Å²) in [5, 5.41) is 2.83. The van der Waals surface area contributed by atoms with Crippen molar-refractivity contribution in [1.82, 2.24) is 0 Å². The van der Waals surface area contributed by atoms with Crippen LogP contribution < -0.4 is 11.1 Å². The molecule has 0 spiro atoms. The van der Waals surface area contributed by atoms with Crippen molar-refractivity contribution < 1.29 is 4.79 Å². The number of benzene rings is 2. The zero-order valence-corrected chi connectivity index (χ0v) is 12.6. The van der Waals surface area contributed by atoms with E-state index in [0.717, 1.165) is 10.5 Å². The highest BCUT2D eigenvalue weighted by Crippen LogP contribution is 2.16. The molecular weight excluding hydrogens is 288 g/mol. The summed E-state index contributed by atoms with van der Waals surface area (Å²) in [6, 6.07) is 14.6. The minimum Gasteiger partial charge on any atom is -0.389 e. The fraction of sp³-hybridized carbons (Fsp3) is 0.0667. The van der Waals surface area contributed by atoms with Gasteiger partial charge in [0.05, 0.1) is 0 Å². The van der Waals surface area contributed by atoms with Crippen molar-refractivity contribution in [2.75, 3.05) is 11.6 Å². The average Bonchev–Trinajstić information content (AvgIpc) is 2.48. The Morgan fingerprint density at radius 2 is 1.60 bits per heavy atom. The second-order valence-electron chi connectivity index (χ2n) is 4.12. The highest BCUT2D eigenvalue weighted by molar-refractivity contribution is 7.98. The topological polar surface area (TPSA) is 55.1 Å². The Kier molecular flexibility index (Phi) is 4.76. The molecule has 0 aliphatic heterocycles. The lowest BCUT2D eigenvalue weighted by Crippen LogP contribution is -2.12. The number of hydrogen-bond acceptors (Lipinski definition) is 3. The van der Waals surface area contributed by atoms with Crippen molar-refractivity contribution in [3.63, 3.8) is 0 Å². The molecule has 2 rings (SSSR count). The van der Waals surface area contributed by atoms with E-state index in [1.807, 2.05) is 30.5 Å². The van der Waals surface area contributed by atoms with Crippen LogP contribution in [0.2, 0.25) is 0 Å². The minimum absolute atomic E-state index is 0.138. The summed E-state index contributed by atoms with van der Waals surface area (Å²) in [7, 11) is 0. The first-order valence-electron chi connectivity index (χ1n) is 5.95. The van der Waals surface area contributed by atoms with Crippen LogP contribution >= 0.6 is 24.0 Å². The first-order chi connectivity index (χ1) is 9.60. The Morgan fingerprint density at radius 3 is 2.10 bits per heavy atom. The third-order valence-corrected chi connectivity index (χ3v) is 3.76. The van der Waals surface area contributed by atoms with Crippen LogP contribution in [-0.4, -0.2) is 17.2 Å². The molecule has 0 saturated carbocycles. The quantitative estimate of drug-likeness (QED) is 0.672. The van der Waals surface area contributed by atoms with Gasteiger partial charge in [-0.3, -0.25) is 4.79 Å². The van der Waals surface area contributed by atoms with Crippen LogP contribution in [0, 0.1) is 0 Å². The Hall–Kier alpha value is -1.85. The Balaban J connectivity index is 2.08. The molecule has 1 amide bonds. The van der Waals surface area contributed by atoms with E-state index < -0.39 is 0 Å². The number of amides is 1. The molecule has 0 fully saturated rings. The van der Waals surface area contributed by atoms with Crippen LogP contribution in [0.1, 0.15) is 15.9 Å². The van der Waals surface area contributed by atoms with E-state index in [4.69, 9.17) is 18.0 Å². The summed E-state index contributed by atoms with van der Waals surface area (Å²) in [6.07, 6.45) is 2.00. The molecule has 0 unspecified atom stereocenters. The van der Waals surface area contributed by atoms with E-state index >= 15 is 0 Å². The van der Waals surface area contributed by atoms with E-state index in [0.29, 0.717) is 16.2 Å². The zero-order valence-electron chi connectivity index (χ0n) is 10.9. The molecule has 0 aliphatic rings. The number of carbonyl (C=O) groups excluding carboxylic acids is 1. The zero-order chi connectivity index (χ0) is 14.5. The van der Waals surface area contributed by atoms with Crippen molar-refractivity contribution in [1.29, 1.82) is 0 Å². The summed E-state index contributed by atoms with van der Waals surface area (Å²) in [6.45, 7) is 0. The first kappa shape index (κ1) is 14.6. The van der Waals surface area contributed by atoms with Gasteiger partial charge in [-0.2, -0.15) is 0 Å². The van der Waals surface area contributed by atoms with Gasteiger partial charge in [0.15, 0.2) is 0 Å². The fourth-order valence-electron chi connectivity index (χ4n) is 1.66. The number of thiocarbonyl (C=S) groups is 1. The molecule has 0 aromatic heterocycles. The van der Waals surface area contributed by atoms with Gasteiger partial charge in [0.2, 0.25) is 0 Å². The lowest BCUT2D eigenvalue weighted by atomic mass is 10.2. The van der Waals surface area contributed by atoms with E-state index in [-0.39, 0.29) is 5.91 Å². The second kappa shape index (κ2) is 6.54. The number of thioether (sulfide) groups is 1. The molecule has 3 N–H and O–H groups in total. The lowest BCUT2D eigenvalue weighted by Gasteiger charge is -2.06. The summed E-state index contributed by atoms with van der Waals surface area (Å²) in [4.78, 5) is 13.5. The standard InChI is InChI=1S/C15H14N2OS2/c1-20-13-8-4-11(5-9-13)15(18)17-12-6-2-10(3-7-12)14(16)19/h2-9H,1H3,(H2,16,19)(H,17,18). The number of anilines is 1. The second-order valence-corrected chi connectivity index (χ2v) is 5.44. The molecule has 20 heavy (non-hydrogen) atoms. The Labute approximate surface area is 127 Å². The largest absolute Gasteiger partial charge is 0.389 e. The molecule has 0 heterocycles. The van der Waals surface area contributed by atoms with Crippen LogP contribution in [0.3, 0.4) is 0 Å². The van der Waals surface area contributed by atoms with Crippen LogP contribution in [0.4, 0.5) is 5.69 Å². The minimum atomic E-state index is -0.138. The predicted molar refractivity (Wildman–Crippen MR) is 88.5 cm³/mol. The molecular formula is C15H14N2OS2. The third-order valence-electron chi connectivity index (χ3n) is 2.78. The van der Waals surface area contributed by atoms with Gasteiger partial charge >= 0.3 is 0 Å². The van der Waals surface area contributed by atoms with Gasteiger partial charge in [0.1, 0.15) is 4.99 Å². The van der Waals surface area contributed by atoms with E-state index in [2.05, 4.69) is 5.32 Å². The van der Waals surface area contributed by atoms with E-state index in [1.54, 1.807) is 36.0 Å². The number of carbonyl (C=O) groups is 1. The molecule has 0 bridgehead atoms. The maximum atomic E-state index is 12.1. The van der Waals surface area contributed by atoms with Gasteiger partial charge in [-0.15, -0.1) is 11.8 Å². The fourth-order valence-corrected chi connectivity index (χ4v) is 2.21. The number of nitrogens with two attached hydrogens (primary N) is 1. The molecule has 0 atom stereocenters. The first-order valence-corrected chi connectivity index (χ1v) is 7.59. The summed E-state index contributed by atoms with van der Waals surface area (Å²) >= 11 is 6.52. The van der Waals surface area contributed by atoms with E-state index in [1.165, 1.54) is 0 Å². The number of nitrogens with one attached hydrogen (secondary N) is 1. The summed E-state index contributed by atoms with van der Waals surface area (Å²) in [5.41, 5.74) is 7.64. The average molecular weight is 302 g/mol. The van der Waals surface area contributed by atoms with Crippen molar-refractivity contribution in [2.45, 2.75) is 4.90 Å². The molecule has 0 saturated heterocycles. The molecule has 2 aromatic rings. The van der Waals surface area contributed by atoms with Gasteiger partial charge in [0.25, 0.3) is 5.91 Å². The molecule has 3 nitrogen and oxygen atoms in total. The molecule has 102 valence electrons. The van der Waals surface area contributed by atoms with Crippen LogP contribution in [0.5, 0.6) is 0 Å². The molecule has 0 aliphatic carbocycles. The molecule has 5 heteroatoms. The van der Waals surface area contributed by atoms with Crippen LogP contribution in [-0.2, 0) is 0 Å². The Bertz CT molecular complexity index is 621. The van der Waals surface area contributed by atoms with Crippen molar-refractivity contribution in [3.05, 3.63) is 59.7 Å². The lowest BCUT2D eigenvalue weighted by molar-refractivity contribution is 0.102. The monoisotopic (exact) mass is 302 g/mol. The SMILES string of the molecule is CSc1ccc(C(=O)Nc2ccc(C(N)=S)cc2)cc1. The van der Waals surface area contributed by atoms with Gasteiger partial charge in [-0.25, -0.2) is 0 Å². The number of rotatable bonds is 4. The summed E-state index contributed by atoms with van der Waals surface area (Å²) in [5.74, 6) is -0.138. The van der Waals surface area contributed by atoms with Crippen molar-refractivity contribution in [2.24, 2.45) is 5.73 Å². The van der Waals surface area contributed by atoms with Gasteiger partial charge in [0, 0.05) is 21.7 Å². The van der Waals surface area contributed by atoms with Gasteiger partial charge < -0.3 is 11.1 Å². The number of hydrogen-bond donors (Lipinski definition) is 2. The van der Waals surface area contributed by atoms with Gasteiger partial charge in [-0.05, 0) is 54.8 Å². The highest BCUT2D eigenvalue weighted by atomic mass is 32.2. The maximum Gasteiger partial charge on any atom is 0.255 e.